The van der Waals surface area contributed by atoms with Gasteiger partial charge in [0.25, 0.3) is 0 Å². The highest BCUT2D eigenvalue weighted by molar-refractivity contribution is 9.10. The van der Waals surface area contributed by atoms with Gasteiger partial charge in [0, 0.05) is 17.6 Å². The quantitative estimate of drug-likeness (QED) is 0.798. The molecule has 0 aliphatic carbocycles. The molecule has 21 heavy (non-hydrogen) atoms. The Morgan fingerprint density at radius 1 is 1.19 bits per heavy atom. The minimum Gasteiger partial charge on any atom is -0.492 e. The fraction of sp³-hybridized carbons (Fsp3) is 0.235. The number of hydrogen-bond acceptors (Lipinski definition) is 3. The predicted molar refractivity (Wildman–Crippen MR) is 87.1 cm³/mol. The van der Waals surface area contributed by atoms with Crippen molar-refractivity contribution in [2.24, 2.45) is 0 Å². The topological polar surface area (TPSA) is 36.3 Å². The summed E-state index contributed by atoms with van der Waals surface area (Å²) in [5.41, 5.74) is 1.89. The molecule has 0 saturated heterocycles. The average Bonchev–Trinajstić information content (AvgIpc) is 2.50. The molecule has 0 heterocycles. The van der Waals surface area contributed by atoms with E-state index in [1.54, 1.807) is 12.1 Å². The van der Waals surface area contributed by atoms with Crippen LogP contribution in [0.5, 0.6) is 5.75 Å². The van der Waals surface area contributed by atoms with Crippen LogP contribution in [0.2, 0.25) is 0 Å². The van der Waals surface area contributed by atoms with Crippen molar-refractivity contribution in [1.29, 1.82) is 5.26 Å². The smallest absolute Gasteiger partial charge is 0.120 e. The van der Waals surface area contributed by atoms with Crippen LogP contribution in [0.4, 0.5) is 0 Å². The van der Waals surface area contributed by atoms with Gasteiger partial charge in [-0.3, -0.25) is 4.90 Å². The molecule has 0 atom stereocenters. The van der Waals surface area contributed by atoms with E-state index in [1.165, 1.54) is 5.56 Å². The van der Waals surface area contributed by atoms with Crippen LogP contribution in [0, 0.1) is 11.3 Å². The molecule has 0 saturated carbocycles. The van der Waals surface area contributed by atoms with Gasteiger partial charge in [0.05, 0.1) is 11.6 Å². The zero-order valence-electron chi connectivity index (χ0n) is 11.9. The summed E-state index contributed by atoms with van der Waals surface area (Å²) in [7, 11) is 2.07. The van der Waals surface area contributed by atoms with Crippen LogP contribution in [-0.4, -0.2) is 25.1 Å². The largest absolute Gasteiger partial charge is 0.492 e. The van der Waals surface area contributed by atoms with E-state index >= 15 is 0 Å². The maximum Gasteiger partial charge on any atom is 0.120 e. The Kier molecular flexibility index (Phi) is 5.79. The number of rotatable bonds is 6. The molecule has 0 spiro atoms. The second-order valence-corrected chi connectivity index (χ2v) is 5.77. The summed E-state index contributed by atoms with van der Waals surface area (Å²) in [5.74, 6) is 0.742. The zero-order valence-corrected chi connectivity index (χ0v) is 13.5. The molecule has 2 aromatic carbocycles. The Hall–Kier alpha value is -1.83. The molecule has 2 rings (SSSR count). The van der Waals surface area contributed by atoms with E-state index in [0.717, 1.165) is 23.3 Å². The minimum absolute atomic E-state index is 0.599. The lowest BCUT2D eigenvalue weighted by molar-refractivity contribution is 0.233. The van der Waals surface area contributed by atoms with Crippen molar-refractivity contribution in [3.63, 3.8) is 0 Å². The summed E-state index contributed by atoms with van der Waals surface area (Å²) in [6, 6.07) is 17.7. The van der Waals surface area contributed by atoms with Gasteiger partial charge in [-0.25, -0.2) is 0 Å². The normalized spacial score (nSPS) is 10.4. The lowest BCUT2D eigenvalue weighted by atomic mass is 10.2. The fourth-order valence-electron chi connectivity index (χ4n) is 1.96. The molecule has 0 unspecified atom stereocenters. The molecular formula is C17H17BrN2O. The molecule has 3 nitrogen and oxygen atoms in total. The van der Waals surface area contributed by atoms with E-state index in [4.69, 9.17) is 10.00 Å². The molecule has 0 aliphatic rings. The Balaban J connectivity index is 1.77. The fourth-order valence-corrected chi connectivity index (χ4v) is 2.22. The van der Waals surface area contributed by atoms with Crippen molar-refractivity contribution in [1.82, 2.24) is 4.90 Å². The van der Waals surface area contributed by atoms with Crippen LogP contribution in [0.1, 0.15) is 11.1 Å². The first-order chi connectivity index (χ1) is 10.2. The van der Waals surface area contributed by atoms with Gasteiger partial charge in [-0.05, 0) is 42.9 Å². The first kappa shape index (κ1) is 15.6. The van der Waals surface area contributed by atoms with Crippen LogP contribution in [0.3, 0.4) is 0 Å². The number of nitrogens with zero attached hydrogens (tertiary/aromatic N) is 2. The Morgan fingerprint density at radius 2 is 1.95 bits per heavy atom. The highest BCUT2D eigenvalue weighted by Gasteiger charge is 2.02. The van der Waals surface area contributed by atoms with Crippen molar-refractivity contribution in [3.05, 3.63) is 64.1 Å². The molecule has 0 amide bonds. The van der Waals surface area contributed by atoms with Gasteiger partial charge in [0.1, 0.15) is 12.4 Å². The molecule has 108 valence electrons. The maximum absolute atomic E-state index is 8.84. The second-order valence-electron chi connectivity index (χ2n) is 4.85. The maximum atomic E-state index is 8.84. The third kappa shape index (κ3) is 5.22. The number of ether oxygens (including phenoxy) is 1. The summed E-state index contributed by atoms with van der Waals surface area (Å²) in [4.78, 5) is 2.21. The van der Waals surface area contributed by atoms with Gasteiger partial charge in [-0.2, -0.15) is 5.26 Å². The summed E-state index contributed by atoms with van der Waals surface area (Å²) >= 11 is 3.43. The van der Waals surface area contributed by atoms with E-state index < -0.39 is 0 Å². The average molecular weight is 345 g/mol. The number of benzene rings is 2. The summed E-state index contributed by atoms with van der Waals surface area (Å²) in [6.07, 6.45) is 0. The number of halogens is 1. The van der Waals surface area contributed by atoms with E-state index in [-0.39, 0.29) is 0 Å². The van der Waals surface area contributed by atoms with E-state index in [9.17, 15) is 0 Å². The van der Waals surface area contributed by atoms with Crippen molar-refractivity contribution in [3.8, 4) is 11.8 Å². The number of nitriles is 1. The molecule has 0 radical (unpaired) electrons. The Morgan fingerprint density at radius 3 is 2.67 bits per heavy atom. The third-order valence-electron chi connectivity index (χ3n) is 3.07. The molecule has 2 aromatic rings. The molecule has 4 heteroatoms. The molecule has 0 aromatic heterocycles. The first-order valence-electron chi connectivity index (χ1n) is 6.73. The van der Waals surface area contributed by atoms with Crippen LogP contribution in [0.25, 0.3) is 0 Å². The van der Waals surface area contributed by atoms with Crippen LogP contribution in [-0.2, 0) is 6.54 Å². The van der Waals surface area contributed by atoms with Crippen LogP contribution < -0.4 is 4.74 Å². The van der Waals surface area contributed by atoms with Gasteiger partial charge in [-0.1, -0.05) is 34.1 Å². The Bertz CT molecular complexity index is 619. The highest BCUT2D eigenvalue weighted by Crippen LogP contribution is 2.13. The third-order valence-corrected chi connectivity index (χ3v) is 3.60. The zero-order chi connectivity index (χ0) is 15.1. The van der Waals surface area contributed by atoms with Crippen molar-refractivity contribution in [2.75, 3.05) is 20.2 Å². The molecule has 0 aliphatic heterocycles. The SMILES string of the molecule is CN(CCOc1cccc(C#N)c1)Cc1ccc(Br)cc1. The van der Waals surface area contributed by atoms with E-state index in [0.29, 0.717) is 12.2 Å². The molecule has 0 bridgehead atoms. The first-order valence-corrected chi connectivity index (χ1v) is 7.52. The molecule has 0 N–H and O–H groups in total. The van der Waals surface area contributed by atoms with Gasteiger partial charge >= 0.3 is 0 Å². The predicted octanol–water partition coefficient (Wildman–Crippen LogP) is 3.83. The van der Waals surface area contributed by atoms with E-state index in [1.807, 2.05) is 24.3 Å². The number of hydrogen-bond donors (Lipinski definition) is 0. The van der Waals surface area contributed by atoms with Gasteiger partial charge in [0.2, 0.25) is 0 Å². The van der Waals surface area contributed by atoms with Crippen LogP contribution >= 0.6 is 15.9 Å². The van der Waals surface area contributed by atoms with Crippen LogP contribution in [0.15, 0.2) is 53.0 Å². The summed E-state index contributed by atoms with van der Waals surface area (Å²) in [5, 5.41) is 8.84. The van der Waals surface area contributed by atoms with Crippen molar-refractivity contribution < 1.29 is 4.74 Å². The Labute approximate surface area is 133 Å². The number of likely N-dealkylation sites (N-methyl/N-ethyl adjacent to an activating group) is 1. The van der Waals surface area contributed by atoms with Crippen molar-refractivity contribution in [2.45, 2.75) is 6.54 Å². The van der Waals surface area contributed by atoms with Gasteiger partial charge in [0.15, 0.2) is 0 Å². The molecule has 0 fully saturated rings. The van der Waals surface area contributed by atoms with Crippen molar-refractivity contribution >= 4 is 15.9 Å². The molecular weight excluding hydrogens is 328 g/mol. The highest BCUT2D eigenvalue weighted by atomic mass is 79.9. The second kappa shape index (κ2) is 7.82. The van der Waals surface area contributed by atoms with Gasteiger partial charge in [-0.15, -0.1) is 0 Å². The lowest BCUT2D eigenvalue weighted by Gasteiger charge is -2.17. The van der Waals surface area contributed by atoms with Gasteiger partial charge < -0.3 is 4.74 Å². The van der Waals surface area contributed by atoms with E-state index in [2.05, 4.69) is 46.1 Å². The summed E-state index contributed by atoms with van der Waals surface area (Å²) in [6.45, 7) is 2.31. The monoisotopic (exact) mass is 344 g/mol. The minimum atomic E-state index is 0.599. The lowest BCUT2D eigenvalue weighted by Crippen LogP contribution is -2.23. The standard InChI is InChI=1S/C17H17BrN2O/c1-20(13-14-5-7-16(18)8-6-14)9-10-21-17-4-2-3-15(11-17)12-19/h2-8,11H,9-10,13H2,1H3. The summed E-state index contributed by atoms with van der Waals surface area (Å²) < 4.78 is 6.77.